The Morgan fingerprint density at radius 3 is 2.63 bits per heavy atom. The fraction of sp³-hybridized carbons (Fsp3) is 0.857. The summed E-state index contributed by atoms with van der Waals surface area (Å²) in [4.78, 5) is 0. The van der Waals surface area contributed by atoms with Crippen LogP contribution in [0, 0.1) is 0 Å². The normalized spacial score (nSPS) is 29.2. The van der Waals surface area contributed by atoms with Crippen LogP contribution < -0.4 is 0 Å². The molecule has 3 N–H and O–H groups in total. The van der Waals surface area contributed by atoms with E-state index in [-0.39, 0.29) is 13.2 Å². The van der Waals surface area contributed by atoms with Crippen molar-refractivity contribution in [2.45, 2.75) is 57.0 Å². The van der Waals surface area contributed by atoms with E-state index in [9.17, 15) is 15.3 Å². The van der Waals surface area contributed by atoms with Gasteiger partial charge in [-0.3, -0.25) is 0 Å². The van der Waals surface area contributed by atoms with Crippen LogP contribution in [0.2, 0.25) is 0 Å². The lowest BCUT2D eigenvalue weighted by Gasteiger charge is -2.24. The molecule has 19 heavy (non-hydrogen) atoms. The highest BCUT2D eigenvalue weighted by atomic mass is 16.6. The van der Waals surface area contributed by atoms with Crippen LogP contribution in [0.25, 0.3) is 0 Å². The van der Waals surface area contributed by atoms with E-state index < -0.39 is 24.4 Å². The summed E-state index contributed by atoms with van der Waals surface area (Å²) in [6, 6.07) is 0. The molecular formula is C14H26O5. The molecule has 1 heterocycles. The van der Waals surface area contributed by atoms with E-state index >= 15 is 0 Å². The summed E-state index contributed by atoms with van der Waals surface area (Å²) in [5.41, 5.74) is 0. The molecule has 1 fully saturated rings. The van der Waals surface area contributed by atoms with Crippen molar-refractivity contribution < 1.29 is 24.8 Å². The van der Waals surface area contributed by atoms with Gasteiger partial charge in [-0.1, -0.05) is 31.9 Å². The zero-order valence-electron chi connectivity index (χ0n) is 11.6. The Labute approximate surface area is 114 Å². The largest absolute Gasteiger partial charge is 0.394 e. The Bertz CT molecular complexity index is 256. The molecular weight excluding hydrogens is 248 g/mol. The first-order chi connectivity index (χ1) is 9.20. The average Bonchev–Trinajstić information content (AvgIpc) is 2.74. The second kappa shape index (κ2) is 9.44. The van der Waals surface area contributed by atoms with Crippen molar-refractivity contribution in [3.05, 3.63) is 12.2 Å². The van der Waals surface area contributed by atoms with Gasteiger partial charge in [0, 0.05) is 0 Å². The third kappa shape index (κ3) is 5.58. The van der Waals surface area contributed by atoms with Crippen LogP contribution in [0.15, 0.2) is 12.2 Å². The highest BCUT2D eigenvalue weighted by Crippen LogP contribution is 2.19. The molecule has 4 atom stereocenters. The number of rotatable bonds is 9. The summed E-state index contributed by atoms with van der Waals surface area (Å²) >= 11 is 0. The Balaban J connectivity index is 2.20. The topological polar surface area (TPSA) is 79.2 Å². The van der Waals surface area contributed by atoms with E-state index in [0.29, 0.717) is 6.61 Å². The molecule has 0 aliphatic carbocycles. The number of allylic oxidation sites excluding steroid dienone is 1. The summed E-state index contributed by atoms with van der Waals surface area (Å²) in [6.07, 6.45) is 5.30. The lowest BCUT2D eigenvalue weighted by Crippen LogP contribution is -2.42. The first-order valence-electron chi connectivity index (χ1n) is 7.05. The molecule has 0 aromatic heterocycles. The summed E-state index contributed by atoms with van der Waals surface area (Å²) in [6.45, 7) is 2.48. The van der Waals surface area contributed by atoms with Crippen LogP contribution in [0.3, 0.4) is 0 Å². The number of aliphatic hydroxyl groups is 3. The predicted octanol–water partition coefficient (Wildman–Crippen LogP) is 0.621. The molecule has 1 saturated heterocycles. The van der Waals surface area contributed by atoms with Crippen LogP contribution >= 0.6 is 0 Å². The molecule has 112 valence electrons. The first kappa shape index (κ1) is 16.6. The van der Waals surface area contributed by atoms with E-state index in [0.717, 1.165) is 12.8 Å². The van der Waals surface area contributed by atoms with Crippen LogP contribution in [-0.2, 0) is 9.47 Å². The van der Waals surface area contributed by atoms with E-state index in [4.69, 9.17) is 9.47 Å². The van der Waals surface area contributed by atoms with Gasteiger partial charge in [0.05, 0.1) is 19.8 Å². The minimum atomic E-state index is -0.989. The summed E-state index contributed by atoms with van der Waals surface area (Å²) in [5, 5.41) is 28.3. The smallest absolute Gasteiger partial charge is 0.114 e. The molecule has 0 aromatic rings. The molecule has 0 radical (unpaired) electrons. The Morgan fingerprint density at radius 2 is 2.05 bits per heavy atom. The van der Waals surface area contributed by atoms with Gasteiger partial charge in [0.25, 0.3) is 0 Å². The fourth-order valence-corrected chi connectivity index (χ4v) is 2.05. The average molecular weight is 274 g/mol. The number of hydrogen-bond donors (Lipinski definition) is 3. The second-order valence-electron chi connectivity index (χ2n) is 4.85. The fourth-order valence-electron chi connectivity index (χ4n) is 2.05. The van der Waals surface area contributed by atoms with Gasteiger partial charge in [-0.15, -0.1) is 0 Å². The molecule has 1 aliphatic heterocycles. The maximum Gasteiger partial charge on any atom is 0.114 e. The van der Waals surface area contributed by atoms with Gasteiger partial charge in [0.2, 0.25) is 0 Å². The highest BCUT2D eigenvalue weighted by molar-refractivity contribution is 4.89. The highest BCUT2D eigenvalue weighted by Gasteiger charge is 2.40. The Kier molecular flexibility index (Phi) is 8.25. The SMILES string of the molecule is CCCC/C=C/CCO[C@H](CO)[C@@H]1OC[C@H](O)[C@@H]1O. The van der Waals surface area contributed by atoms with Gasteiger partial charge >= 0.3 is 0 Å². The van der Waals surface area contributed by atoms with Crippen LogP contribution in [-0.4, -0.2) is 59.6 Å². The van der Waals surface area contributed by atoms with Crippen molar-refractivity contribution in [1.29, 1.82) is 0 Å². The van der Waals surface area contributed by atoms with E-state index in [2.05, 4.69) is 19.1 Å². The van der Waals surface area contributed by atoms with Crippen LogP contribution in [0.5, 0.6) is 0 Å². The second-order valence-corrected chi connectivity index (χ2v) is 4.85. The molecule has 0 spiro atoms. The van der Waals surface area contributed by atoms with Crippen molar-refractivity contribution in [1.82, 2.24) is 0 Å². The van der Waals surface area contributed by atoms with E-state index in [1.165, 1.54) is 12.8 Å². The van der Waals surface area contributed by atoms with Gasteiger partial charge in [-0.25, -0.2) is 0 Å². The third-order valence-electron chi connectivity index (χ3n) is 3.24. The summed E-state index contributed by atoms with van der Waals surface area (Å²) in [5.74, 6) is 0. The van der Waals surface area contributed by atoms with Crippen molar-refractivity contribution in [2.75, 3.05) is 19.8 Å². The number of ether oxygens (including phenoxy) is 2. The maximum atomic E-state index is 9.68. The van der Waals surface area contributed by atoms with Crippen molar-refractivity contribution in [3.63, 3.8) is 0 Å². The molecule has 0 aromatic carbocycles. The quantitative estimate of drug-likeness (QED) is 0.424. The molecule has 0 bridgehead atoms. The summed E-state index contributed by atoms with van der Waals surface area (Å²) < 4.78 is 10.7. The minimum absolute atomic E-state index is 0.0859. The van der Waals surface area contributed by atoms with Gasteiger partial charge in [0.1, 0.15) is 24.4 Å². The van der Waals surface area contributed by atoms with Crippen molar-refractivity contribution in [3.8, 4) is 0 Å². The molecule has 0 amide bonds. The number of hydrogen-bond acceptors (Lipinski definition) is 5. The number of aliphatic hydroxyl groups excluding tert-OH is 3. The molecule has 1 aliphatic rings. The minimum Gasteiger partial charge on any atom is -0.394 e. The number of unbranched alkanes of at least 4 members (excludes halogenated alkanes) is 2. The maximum absolute atomic E-state index is 9.68. The Hall–Kier alpha value is -0.460. The zero-order chi connectivity index (χ0) is 14.1. The molecule has 5 nitrogen and oxygen atoms in total. The lowest BCUT2D eigenvalue weighted by atomic mass is 10.1. The zero-order valence-corrected chi connectivity index (χ0v) is 11.6. The van der Waals surface area contributed by atoms with Crippen LogP contribution in [0.1, 0.15) is 32.6 Å². The Morgan fingerprint density at radius 1 is 1.32 bits per heavy atom. The van der Waals surface area contributed by atoms with Crippen molar-refractivity contribution >= 4 is 0 Å². The van der Waals surface area contributed by atoms with Crippen LogP contribution in [0.4, 0.5) is 0 Å². The predicted molar refractivity (Wildman–Crippen MR) is 71.9 cm³/mol. The van der Waals surface area contributed by atoms with Gasteiger partial charge in [0.15, 0.2) is 0 Å². The van der Waals surface area contributed by atoms with Gasteiger partial charge < -0.3 is 24.8 Å². The standard InChI is InChI=1S/C14H26O5/c1-2-3-4-5-6-7-8-18-12(9-15)14-13(17)11(16)10-19-14/h5-6,11-17H,2-4,7-10H2,1H3/b6-5+/t11-,12+,13-,14-/m0/s1. The first-order valence-corrected chi connectivity index (χ1v) is 7.05. The molecule has 0 saturated carbocycles. The van der Waals surface area contributed by atoms with Gasteiger partial charge in [-0.2, -0.15) is 0 Å². The monoisotopic (exact) mass is 274 g/mol. The molecule has 0 unspecified atom stereocenters. The van der Waals surface area contributed by atoms with Crippen molar-refractivity contribution in [2.24, 2.45) is 0 Å². The lowest BCUT2D eigenvalue weighted by molar-refractivity contribution is -0.0996. The van der Waals surface area contributed by atoms with E-state index in [1.807, 2.05) is 0 Å². The molecule has 5 heteroatoms. The van der Waals surface area contributed by atoms with Gasteiger partial charge in [-0.05, 0) is 12.8 Å². The van der Waals surface area contributed by atoms with E-state index in [1.54, 1.807) is 0 Å². The summed E-state index contributed by atoms with van der Waals surface area (Å²) in [7, 11) is 0. The third-order valence-corrected chi connectivity index (χ3v) is 3.24. The molecule has 1 rings (SSSR count).